The highest BCUT2D eigenvalue weighted by Crippen LogP contribution is 2.06. The number of rotatable bonds is 3. The molecular weight excluding hydrogens is 291 g/mol. The Hall–Kier alpha value is -0.820. The zero-order valence-corrected chi connectivity index (χ0v) is 12.7. The van der Waals surface area contributed by atoms with Gasteiger partial charge in [-0.05, 0) is 0 Å². The maximum atomic E-state index is 12.0. The molecule has 2 rings (SSSR count). The highest BCUT2D eigenvalue weighted by Gasteiger charge is 2.24. The van der Waals surface area contributed by atoms with Crippen molar-refractivity contribution < 1.29 is 9.53 Å². The molecule has 0 aliphatic carbocycles. The van der Waals surface area contributed by atoms with Crippen molar-refractivity contribution in [1.82, 2.24) is 20.0 Å². The molecule has 1 unspecified atom stereocenters. The van der Waals surface area contributed by atoms with Gasteiger partial charge in [0.2, 0.25) is 0 Å². The second kappa shape index (κ2) is 8.37. The monoisotopic (exact) mass is 310 g/mol. The van der Waals surface area contributed by atoms with Crippen LogP contribution < -0.4 is 5.32 Å². The summed E-state index contributed by atoms with van der Waals surface area (Å²) in [6.45, 7) is 2.57. The molecule has 1 saturated heterocycles. The van der Waals surface area contributed by atoms with Crippen molar-refractivity contribution in [1.29, 1.82) is 0 Å². The number of amides is 1. The van der Waals surface area contributed by atoms with Gasteiger partial charge in [-0.3, -0.25) is 9.48 Å². The van der Waals surface area contributed by atoms with E-state index in [9.17, 15) is 4.79 Å². The third-order valence-electron chi connectivity index (χ3n) is 2.76. The van der Waals surface area contributed by atoms with Crippen LogP contribution in [0, 0.1) is 0 Å². The quantitative estimate of drug-likeness (QED) is 0.867. The van der Waals surface area contributed by atoms with E-state index in [1.165, 1.54) is 0 Å². The summed E-state index contributed by atoms with van der Waals surface area (Å²) < 4.78 is 7.16. The molecule has 2 heterocycles. The second-order valence-electron chi connectivity index (χ2n) is 4.28. The van der Waals surface area contributed by atoms with E-state index in [4.69, 9.17) is 4.74 Å². The molecule has 8 heteroatoms. The summed E-state index contributed by atoms with van der Waals surface area (Å²) in [4.78, 5) is 13.7. The number of ether oxygens (including phenoxy) is 1. The normalized spacial score (nSPS) is 18.1. The minimum atomic E-state index is -0.356. The van der Waals surface area contributed by atoms with Gasteiger partial charge in [0.1, 0.15) is 6.10 Å². The van der Waals surface area contributed by atoms with Crippen molar-refractivity contribution in [3.8, 4) is 0 Å². The minimum Gasteiger partial charge on any atom is -0.366 e. The number of halogens is 2. The minimum absolute atomic E-state index is 0. The van der Waals surface area contributed by atoms with Crippen LogP contribution in [0.1, 0.15) is 5.56 Å². The van der Waals surface area contributed by atoms with Crippen molar-refractivity contribution >= 4 is 30.7 Å². The van der Waals surface area contributed by atoms with Gasteiger partial charge in [0.25, 0.3) is 5.91 Å². The van der Waals surface area contributed by atoms with Crippen molar-refractivity contribution in [2.75, 3.05) is 26.7 Å². The molecule has 1 fully saturated rings. The first kappa shape index (κ1) is 18.2. The van der Waals surface area contributed by atoms with Crippen LogP contribution in [-0.2, 0) is 23.1 Å². The standard InChI is InChI=1S/C11H18N4O2.2ClH/c1-14(7-9-5-13-15(2)8-9)11(16)10-6-12-3-4-17-10;;/h5,8,10,12H,3-4,6-7H2,1-2H3;2*1H. The lowest BCUT2D eigenvalue weighted by molar-refractivity contribution is -0.144. The largest absolute Gasteiger partial charge is 0.366 e. The number of carbonyl (C=O) groups is 1. The van der Waals surface area contributed by atoms with Crippen molar-refractivity contribution in [3.05, 3.63) is 18.0 Å². The lowest BCUT2D eigenvalue weighted by atomic mass is 10.2. The van der Waals surface area contributed by atoms with Gasteiger partial charge in [0, 0.05) is 45.5 Å². The Morgan fingerprint density at radius 1 is 1.63 bits per heavy atom. The summed E-state index contributed by atoms with van der Waals surface area (Å²) in [6, 6.07) is 0. The van der Waals surface area contributed by atoms with E-state index in [1.54, 1.807) is 22.8 Å². The fourth-order valence-corrected chi connectivity index (χ4v) is 1.88. The number of aromatic nitrogens is 2. The predicted molar refractivity (Wildman–Crippen MR) is 76.8 cm³/mol. The average molecular weight is 311 g/mol. The van der Waals surface area contributed by atoms with Gasteiger partial charge in [-0.25, -0.2) is 0 Å². The Bertz CT molecular complexity index is 394. The molecule has 0 radical (unpaired) electrons. The fraction of sp³-hybridized carbons (Fsp3) is 0.636. The molecule has 1 amide bonds. The first-order chi connectivity index (χ1) is 8.16. The third kappa shape index (κ3) is 4.99. The molecule has 1 aliphatic rings. The molecule has 110 valence electrons. The van der Waals surface area contributed by atoms with E-state index in [0.717, 1.165) is 12.1 Å². The van der Waals surface area contributed by atoms with Gasteiger partial charge in [0.15, 0.2) is 0 Å². The van der Waals surface area contributed by atoms with Crippen LogP contribution >= 0.6 is 24.8 Å². The number of nitrogens with zero attached hydrogens (tertiary/aromatic N) is 3. The summed E-state index contributed by atoms with van der Waals surface area (Å²) in [5, 5.41) is 7.23. The molecule has 0 spiro atoms. The molecule has 1 aromatic heterocycles. The van der Waals surface area contributed by atoms with Crippen molar-refractivity contribution in [2.45, 2.75) is 12.6 Å². The molecular formula is C11H20Cl2N4O2. The van der Waals surface area contributed by atoms with Crippen LogP contribution in [-0.4, -0.2) is 53.4 Å². The van der Waals surface area contributed by atoms with E-state index in [2.05, 4.69) is 10.4 Å². The number of carbonyl (C=O) groups excluding carboxylic acids is 1. The van der Waals surface area contributed by atoms with Crippen LogP contribution in [0.5, 0.6) is 0 Å². The molecule has 0 bridgehead atoms. The SMILES string of the molecule is CN(Cc1cnn(C)c1)C(=O)C1CNCCO1.Cl.Cl. The predicted octanol–water partition coefficient (Wildman–Crippen LogP) is 0.210. The van der Waals surface area contributed by atoms with Crippen LogP contribution in [0.2, 0.25) is 0 Å². The first-order valence-corrected chi connectivity index (χ1v) is 5.71. The maximum absolute atomic E-state index is 12.0. The van der Waals surface area contributed by atoms with Crippen molar-refractivity contribution in [3.63, 3.8) is 0 Å². The highest BCUT2D eigenvalue weighted by atomic mass is 35.5. The topological polar surface area (TPSA) is 59.4 Å². The average Bonchev–Trinajstić information content (AvgIpc) is 2.75. The van der Waals surface area contributed by atoms with E-state index < -0.39 is 0 Å². The molecule has 0 saturated carbocycles. The number of nitrogens with one attached hydrogen (secondary N) is 1. The summed E-state index contributed by atoms with van der Waals surface area (Å²) in [7, 11) is 3.65. The fourth-order valence-electron chi connectivity index (χ4n) is 1.88. The summed E-state index contributed by atoms with van der Waals surface area (Å²) in [5.41, 5.74) is 1.02. The molecule has 6 nitrogen and oxygen atoms in total. The Labute approximate surface area is 125 Å². The molecule has 1 aromatic rings. The van der Waals surface area contributed by atoms with Crippen LogP contribution in [0.3, 0.4) is 0 Å². The third-order valence-corrected chi connectivity index (χ3v) is 2.76. The van der Waals surface area contributed by atoms with Crippen LogP contribution in [0.25, 0.3) is 0 Å². The molecule has 1 aliphatic heterocycles. The number of morpholine rings is 1. The lowest BCUT2D eigenvalue weighted by Crippen LogP contribution is -2.48. The molecule has 0 aromatic carbocycles. The number of aryl methyl sites for hydroxylation is 1. The number of likely N-dealkylation sites (N-methyl/N-ethyl adjacent to an activating group) is 1. The zero-order valence-electron chi connectivity index (χ0n) is 11.0. The first-order valence-electron chi connectivity index (χ1n) is 5.71. The van der Waals surface area contributed by atoms with Gasteiger partial charge >= 0.3 is 0 Å². The van der Waals surface area contributed by atoms with E-state index >= 15 is 0 Å². The van der Waals surface area contributed by atoms with Gasteiger partial charge < -0.3 is 15.0 Å². The van der Waals surface area contributed by atoms with Gasteiger partial charge in [-0.1, -0.05) is 0 Å². The summed E-state index contributed by atoms with van der Waals surface area (Å²) in [5.74, 6) is 0.0149. The van der Waals surface area contributed by atoms with E-state index in [1.807, 2.05) is 13.2 Å². The van der Waals surface area contributed by atoms with Gasteiger partial charge in [0.05, 0.1) is 12.8 Å². The summed E-state index contributed by atoms with van der Waals surface area (Å²) >= 11 is 0. The Kier molecular flexibility index (Phi) is 8.01. The molecule has 19 heavy (non-hydrogen) atoms. The van der Waals surface area contributed by atoms with E-state index in [0.29, 0.717) is 19.7 Å². The zero-order chi connectivity index (χ0) is 12.3. The lowest BCUT2D eigenvalue weighted by Gasteiger charge is -2.27. The van der Waals surface area contributed by atoms with Crippen molar-refractivity contribution in [2.24, 2.45) is 7.05 Å². The Balaban J connectivity index is 0.00000162. The second-order valence-corrected chi connectivity index (χ2v) is 4.28. The molecule has 1 atom stereocenters. The van der Waals surface area contributed by atoms with E-state index in [-0.39, 0.29) is 36.8 Å². The Morgan fingerprint density at radius 3 is 2.89 bits per heavy atom. The smallest absolute Gasteiger partial charge is 0.253 e. The van der Waals surface area contributed by atoms with Gasteiger partial charge in [-0.15, -0.1) is 24.8 Å². The van der Waals surface area contributed by atoms with Crippen LogP contribution in [0.15, 0.2) is 12.4 Å². The van der Waals surface area contributed by atoms with Gasteiger partial charge in [-0.2, -0.15) is 5.10 Å². The summed E-state index contributed by atoms with van der Waals surface area (Å²) in [6.07, 6.45) is 3.32. The van der Waals surface area contributed by atoms with Crippen LogP contribution in [0.4, 0.5) is 0 Å². The molecule has 1 N–H and O–H groups in total. The number of hydrogen-bond acceptors (Lipinski definition) is 4. The highest BCUT2D eigenvalue weighted by molar-refractivity contribution is 5.85. The maximum Gasteiger partial charge on any atom is 0.253 e. The Morgan fingerprint density at radius 2 is 2.37 bits per heavy atom. The number of hydrogen-bond donors (Lipinski definition) is 1.